The number of piperidine rings is 1. The van der Waals surface area contributed by atoms with Gasteiger partial charge < -0.3 is 14.5 Å². The molecule has 156 valence electrons. The van der Waals surface area contributed by atoms with E-state index in [1.807, 2.05) is 25.2 Å². The largest absolute Gasteiger partial charge is 0.446 e. The third-order valence-corrected chi connectivity index (χ3v) is 5.46. The maximum absolute atomic E-state index is 14.6. The maximum Gasteiger partial charge on any atom is 0.410 e. The van der Waals surface area contributed by atoms with Crippen molar-refractivity contribution in [2.45, 2.75) is 31.5 Å². The van der Waals surface area contributed by atoms with Gasteiger partial charge in [0, 0.05) is 26.2 Å². The van der Waals surface area contributed by atoms with Crippen LogP contribution in [0.3, 0.4) is 0 Å². The van der Waals surface area contributed by atoms with Crippen molar-refractivity contribution in [1.82, 2.24) is 9.80 Å². The minimum atomic E-state index is -1.37. The second kappa shape index (κ2) is 9.83. The number of rotatable bonds is 2. The van der Waals surface area contributed by atoms with E-state index in [1.165, 1.54) is 17.7 Å². The number of halogens is 2. The van der Waals surface area contributed by atoms with Crippen LogP contribution in [-0.2, 0) is 17.7 Å². The first-order valence-electron chi connectivity index (χ1n) is 10.0. The molecule has 0 aromatic heterocycles. The molecule has 0 saturated carbocycles. The predicted molar refractivity (Wildman–Crippen MR) is 109 cm³/mol. The summed E-state index contributed by atoms with van der Waals surface area (Å²) in [7, 11) is 1.98. The van der Waals surface area contributed by atoms with Gasteiger partial charge in [-0.3, -0.25) is 0 Å². The molecule has 0 unspecified atom stereocenters. The Kier molecular flexibility index (Phi) is 7.20. The van der Waals surface area contributed by atoms with E-state index in [4.69, 9.17) is 4.74 Å². The van der Waals surface area contributed by atoms with E-state index < -0.39 is 11.8 Å². The average molecular weight is 402 g/mol. The van der Waals surface area contributed by atoms with Gasteiger partial charge in [-0.25, -0.2) is 13.6 Å². The number of amides is 1. The van der Waals surface area contributed by atoms with Crippen molar-refractivity contribution in [1.29, 1.82) is 0 Å². The van der Waals surface area contributed by atoms with Crippen LogP contribution in [-0.4, -0.2) is 54.9 Å². The summed E-state index contributed by atoms with van der Waals surface area (Å²) >= 11 is 0. The van der Waals surface area contributed by atoms with E-state index in [2.05, 4.69) is 11.0 Å². The number of carbonyl (C=O) groups excluding carboxylic acids is 1. The molecule has 2 aromatic carbocycles. The molecule has 2 aliphatic rings. The Balaban J connectivity index is 0.000000290. The van der Waals surface area contributed by atoms with Gasteiger partial charge in [0.25, 0.3) is 0 Å². The molecule has 2 aromatic rings. The van der Waals surface area contributed by atoms with Gasteiger partial charge >= 0.3 is 6.09 Å². The van der Waals surface area contributed by atoms with Gasteiger partial charge in [-0.1, -0.05) is 42.5 Å². The van der Waals surface area contributed by atoms with Crippen LogP contribution in [0.5, 0.6) is 0 Å². The first-order valence-corrected chi connectivity index (χ1v) is 10.0. The number of carbonyl (C=O) groups is 1. The molecule has 1 saturated heterocycles. The lowest BCUT2D eigenvalue weighted by Crippen LogP contribution is -2.44. The lowest BCUT2D eigenvalue weighted by Gasteiger charge is -2.35. The Hall–Kier alpha value is -2.47. The topological polar surface area (TPSA) is 32.8 Å². The smallest absolute Gasteiger partial charge is 0.410 e. The van der Waals surface area contributed by atoms with Crippen molar-refractivity contribution in [3.8, 4) is 0 Å². The van der Waals surface area contributed by atoms with E-state index in [0.29, 0.717) is 39.0 Å². The van der Waals surface area contributed by atoms with Crippen molar-refractivity contribution < 1.29 is 18.3 Å². The highest BCUT2D eigenvalue weighted by molar-refractivity contribution is 5.68. The van der Waals surface area contributed by atoms with Gasteiger partial charge in [0.15, 0.2) is 0 Å². The lowest BCUT2D eigenvalue weighted by molar-refractivity contribution is -0.00584. The highest BCUT2D eigenvalue weighted by Gasteiger charge is 2.35. The van der Waals surface area contributed by atoms with Gasteiger partial charge in [0.2, 0.25) is 0 Å². The molecule has 2 heterocycles. The fraction of sp³-hybridized carbons (Fsp3) is 0.435. The van der Waals surface area contributed by atoms with Crippen molar-refractivity contribution in [2.24, 2.45) is 0 Å². The molecule has 1 amide bonds. The van der Waals surface area contributed by atoms with Crippen molar-refractivity contribution in [3.05, 3.63) is 71.5 Å². The van der Waals surface area contributed by atoms with Crippen LogP contribution in [0.25, 0.3) is 0 Å². The second-order valence-electron chi connectivity index (χ2n) is 7.74. The molecular formula is C23H28F2N2O2. The SMILES string of the molecule is CN1CCC(F)(COC(=O)N2CCc3ccccc3C2)CC1.Fc1ccccc1. The summed E-state index contributed by atoms with van der Waals surface area (Å²) in [5, 5.41) is 0. The van der Waals surface area contributed by atoms with Crippen LogP contribution in [0.1, 0.15) is 24.0 Å². The van der Waals surface area contributed by atoms with E-state index >= 15 is 0 Å². The van der Waals surface area contributed by atoms with Crippen molar-refractivity contribution >= 4 is 6.09 Å². The second-order valence-corrected chi connectivity index (χ2v) is 7.74. The first-order chi connectivity index (χ1) is 14.0. The molecule has 29 heavy (non-hydrogen) atoms. The first kappa shape index (κ1) is 21.2. The fourth-order valence-corrected chi connectivity index (χ4v) is 3.51. The number of ether oxygens (including phenoxy) is 1. The number of hydrogen-bond acceptors (Lipinski definition) is 3. The summed E-state index contributed by atoms with van der Waals surface area (Å²) in [6.45, 7) is 2.49. The Morgan fingerprint density at radius 3 is 2.24 bits per heavy atom. The molecule has 0 radical (unpaired) electrons. The highest BCUT2D eigenvalue weighted by atomic mass is 19.1. The third kappa shape index (κ3) is 6.26. The zero-order valence-corrected chi connectivity index (χ0v) is 16.8. The third-order valence-electron chi connectivity index (χ3n) is 5.46. The Morgan fingerprint density at radius 2 is 1.62 bits per heavy atom. The normalized spacial score (nSPS) is 18.2. The van der Waals surface area contributed by atoms with Crippen LogP contribution in [0, 0.1) is 5.82 Å². The molecule has 2 aliphatic heterocycles. The standard InChI is InChI=1S/C17H23FN2O2.C6H5F/c1-19-10-7-17(18,8-11-19)13-22-16(21)20-9-6-14-4-2-3-5-15(14)12-20;7-6-4-2-1-3-5-6/h2-5H,6-13H2,1H3;1-5H. The molecule has 4 rings (SSSR count). The summed E-state index contributed by atoms with van der Waals surface area (Å²) in [6.07, 6.45) is 1.29. The van der Waals surface area contributed by atoms with Crippen LogP contribution < -0.4 is 0 Å². The van der Waals surface area contributed by atoms with E-state index in [9.17, 15) is 13.6 Å². The van der Waals surface area contributed by atoms with Gasteiger partial charge in [0.1, 0.15) is 18.1 Å². The number of hydrogen-bond donors (Lipinski definition) is 0. The minimum Gasteiger partial charge on any atom is -0.446 e. The monoisotopic (exact) mass is 402 g/mol. The lowest BCUT2D eigenvalue weighted by atomic mass is 9.95. The van der Waals surface area contributed by atoms with Gasteiger partial charge in [0.05, 0.1) is 0 Å². The van der Waals surface area contributed by atoms with Gasteiger partial charge in [-0.2, -0.15) is 0 Å². The van der Waals surface area contributed by atoms with E-state index in [-0.39, 0.29) is 12.4 Å². The predicted octanol–water partition coefficient (Wildman–Crippen LogP) is 4.44. The van der Waals surface area contributed by atoms with Crippen LogP contribution >= 0.6 is 0 Å². The van der Waals surface area contributed by atoms with Crippen molar-refractivity contribution in [3.63, 3.8) is 0 Å². The van der Waals surface area contributed by atoms with E-state index in [1.54, 1.807) is 23.1 Å². The van der Waals surface area contributed by atoms with Crippen LogP contribution in [0.15, 0.2) is 54.6 Å². The highest BCUT2D eigenvalue weighted by Crippen LogP contribution is 2.27. The molecule has 0 N–H and O–H groups in total. The maximum atomic E-state index is 14.6. The summed E-state index contributed by atoms with van der Waals surface area (Å²) in [6, 6.07) is 16.0. The zero-order chi connectivity index (χ0) is 20.7. The van der Waals surface area contributed by atoms with Crippen LogP contribution in [0.2, 0.25) is 0 Å². The van der Waals surface area contributed by atoms with E-state index in [0.717, 1.165) is 12.0 Å². The average Bonchev–Trinajstić information content (AvgIpc) is 2.75. The number of alkyl halides is 1. The van der Waals surface area contributed by atoms with Crippen molar-refractivity contribution in [2.75, 3.05) is 33.3 Å². The number of benzene rings is 2. The molecule has 0 spiro atoms. The Morgan fingerprint density at radius 1 is 1.00 bits per heavy atom. The summed E-state index contributed by atoms with van der Waals surface area (Å²) in [4.78, 5) is 15.9. The Labute approximate surface area is 171 Å². The number of nitrogens with zero attached hydrogens (tertiary/aromatic N) is 2. The fourth-order valence-electron chi connectivity index (χ4n) is 3.51. The summed E-state index contributed by atoms with van der Waals surface area (Å²) in [5.74, 6) is -0.178. The number of fused-ring (bicyclic) bond motifs is 1. The molecule has 0 atom stereocenters. The van der Waals surface area contributed by atoms with Gasteiger partial charge in [-0.05, 0) is 49.6 Å². The minimum absolute atomic E-state index is 0.127. The molecule has 0 bridgehead atoms. The molecule has 1 fully saturated rings. The quantitative estimate of drug-likeness (QED) is 0.745. The number of likely N-dealkylation sites (tertiary alicyclic amines) is 1. The summed E-state index contributed by atoms with van der Waals surface area (Å²) < 4.78 is 31.8. The molecule has 4 nitrogen and oxygen atoms in total. The Bertz CT molecular complexity index is 792. The van der Waals surface area contributed by atoms with Crippen LogP contribution in [0.4, 0.5) is 13.6 Å². The molecular weight excluding hydrogens is 374 g/mol. The van der Waals surface area contributed by atoms with Gasteiger partial charge in [-0.15, -0.1) is 0 Å². The molecule has 6 heteroatoms. The molecule has 0 aliphatic carbocycles. The zero-order valence-electron chi connectivity index (χ0n) is 16.8. The summed E-state index contributed by atoms with van der Waals surface area (Å²) in [5.41, 5.74) is 1.07.